The van der Waals surface area contributed by atoms with E-state index >= 15 is 0 Å². The number of sulfonamides is 1. The number of nitrogens with one attached hydrogen (secondary N) is 2. The van der Waals surface area contributed by atoms with Gasteiger partial charge in [-0.1, -0.05) is 12.8 Å². The second-order valence-corrected chi connectivity index (χ2v) is 7.91. The summed E-state index contributed by atoms with van der Waals surface area (Å²) in [5, 5.41) is 3.52. The number of anilines is 1. The maximum absolute atomic E-state index is 12.0. The van der Waals surface area contributed by atoms with E-state index in [0.717, 1.165) is 5.69 Å². The highest BCUT2D eigenvalue weighted by atomic mass is 32.2. The van der Waals surface area contributed by atoms with Gasteiger partial charge in [-0.05, 0) is 57.9 Å². The van der Waals surface area contributed by atoms with Crippen molar-refractivity contribution >= 4 is 15.7 Å². The molecule has 0 amide bonds. The zero-order chi connectivity index (χ0) is 14.8. The lowest BCUT2D eigenvalue weighted by Crippen LogP contribution is -2.31. The molecule has 2 N–H and O–H groups in total. The predicted octanol–water partition coefficient (Wildman–Crippen LogP) is 3.12. The number of hydrogen-bond acceptors (Lipinski definition) is 3. The van der Waals surface area contributed by atoms with Crippen molar-refractivity contribution in [3.05, 3.63) is 24.3 Å². The van der Waals surface area contributed by atoms with Crippen molar-refractivity contribution in [2.24, 2.45) is 0 Å². The minimum absolute atomic E-state index is 0.102. The maximum atomic E-state index is 12.0. The third-order valence-electron chi connectivity index (χ3n) is 3.71. The van der Waals surface area contributed by atoms with Crippen LogP contribution in [-0.4, -0.2) is 20.0 Å². The Morgan fingerprint density at radius 1 is 1.10 bits per heavy atom. The highest BCUT2D eigenvalue weighted by molar-refractivity contribution is 7.89. The van der Waals surface area contributed by atoms with Gasteiger partial charge in [0.05, 0.1) is 4.90 Å². The normalized spacial score (nSPS) is 18.4. The number of rotatable bonds is 5. The van der Waals surface area contributed by atoms with Gasteiger partial charge in [0.25, 0.3) is 0 Å². The van der Waals surface area contributed by atoms with Gasteiger partial charge in [0.1, 0.15) is 0 Å². The van der Waals surface area contributed by atoms with Gasteiger partial charge in [-0.3, -0.25) is 0 Å². The van der Waals surface area contributed by atoms with Crippen LogP contribution in [0.25, 0.3) is 0 Å². The molecule has 112 valence electrons. The van der Waals surface area contributed by atoms with E-state index in [1.807, 2.05) is 26.0 Å². The molecule has 0 aromatic heterocycles. The van der Waals surface area contributed by atoms with Gasteiger partial charge in [-0.25, -0.2) is 13.1 Å². The van der Waals surface area contributed by atoms with Gasteiger partial charge < -0.3 is 5.32 Å². The SMILES string of the molecule is CC(C)NS(=O)(=O)c1ccc(NC2(C)CCCC2)cc1. The van der Waals surface area contributed by atoms with Crippen LogP contribution in [0.4, 0.5) is 5.69 Å². The summed E-state index contributed by atoms with van der Waals surface area (Å²) in [6.07, 6.45) is 4.85. The van der Waals surface area contributed by atoms with Crippen LogP contribution in [0.2, 0.25) is 0 Å². The summed E-state index contributed by atoms with van der Waals surface area (Å²) in [5.74, 6) is 0. The van der Waals surface area contributed by atoms with Crippen LogP contribution in [0.1, 0.15) is 46.5 Å². The highest BCUT2D eigenvalue weighted by Gasteiger charge is 2.28. The van der Waals surface area contributed by atoms with Crippen LogP contribution >= 0.6 is 0 Å². The number of benzene rings is 1. The van der Waals surface area contributed by atoms with Gasteiger partial charge in [-0.2, -0.15) is 0 Å². The van der Waals surface area contributed by atoms with Crippen LogP contribution < -0.4 is 10.0 Å². The van der Waals surface area contributed by atoms with Crippen LogP contribution in [0.15, 0.2) is 29.2 Å². The molecule has 1 aromatic carbocycles. The second-order valence-electron chi connectivity index (χ2n) is 6.19. The Labute approximate surface area is 122 Å². The molecule has 0 saturated heterocycles. The minimum atomic E-state index is -3.40. The molecule has 0 radical (unpaired) electrons. The molecule has 0 spiro atoms. The van der Waals surface area contributed by atoms with E-state index in [4.69, 9.17) is 0 Å². The molecule has 1 aromatic rings. The Kier molecular flexibility index (Phi) is 4.39. The van der Waals surface area contributed by atoms with Gasteiger partial charge in [-0.15, -0.1) is 0 Å². The van der Waals surface area contributed by atoms with Crippen LogP contribution in [0.3, 0.4) is 0 Å². The lowest BCUT2D eigenvalue weighted by atomic mass is 10.0. The highest BCUT2D eigenvalue weighted by Crippen LogP contribution is 2.32. The molecule has 1 aliphatic carbocycles. The summed E-state index contributed by atoms with van der Waals surface area (Å²) in [6.45, 7) is 5.85. The molecule has 1 saturated carbocycles. The first-order valence-electron chi connectivity index (χ1n) is 7.21. The van der Waals surface area contributed by atoms with E-state index in [1.165, 1.54) is 25.7 Å². The molecule has 2 rings (SSSR count). The number of hydrogen-bond donors (Lipinski definition) is 2. The first-order valence-corrected chi connectivity index (χ1v) is 8.70. The Morgan fingerprint density at radius 2 is 1.65 bits per heavy atom. The summed E-state index contributed by atoms with van der Waals surface area (Å²) in [7, 11) is -3.40. The fourth-order valence-corrected chi connectivity index (χ4v) is 3.98. The fourth-order valence-electron chi connectivity index (χ4n) is 2.72. The molecule has 0 atom stereocenters. The van der Waals surface area contributed by atoms with Crippen molar-refractivity contribution < 1.29 is 8.42 Å². The average molecular weight is 296 g/mol. The molecule has 0 bridgehead atoms. The van der Waals surface area contributed by atoms with Gasteiger partial charge >= 0.3 is 0 Å². The van der Waals surface area contributed by atoms with E-state index in [9.17, 15) is 8.42 Å². The van der Waals surface area contributed by atoms with E-state index in [0.29, 0.717) is 4.90 Å². The van der Waals surface area contributed by atoms with E-state index < -0.39 is 10.0 Å². The second kappa shape index (κ2) is 5.74. The third kappa shape index (κ3) is 3.73. The quantitative estimate of drug-likeness (QED) is 0.877. The van der Waals surface area contributed by atoms with E-state index in [-0.39, 0.29) is 11.6 Å². The molecule has 0 aliphatic heterocycles. The predicted molar refractivity (Wildman–Crippen MR) is 82.4 cm³/mol. The zero-order valence-electron chi connectivity index (χ0n) is 12.4. The first-order chi connectivity index (χ1) is 9.31. The average Bonchev–Trinajstić information content (AvgIpc) is 2.75. The monoisotopic (exact) mass is 296 g/mol. The maximum Gasteiger partial charge on any atom is 0.240 e. The van der Waals surface area contributed by atoms with Gasteiger partial charge in [0.15, 0.2) is 0 Å². The van der Waals surface area contributed by atoms with Crippen LogP contribution in [-0.2, 0) is 10.0 Å². The Bertz CT molecular complexity index is 544. The topological polar surface area (TPSA) is 58.2 Å². The molecule has 4 nitrogen and oxygen atoms in total. The molecule has 20 heavy (non-hydrogen) atoms. The van der Waals surface area contributed by atoms with Crippen LogP contribution in [0.5, 0.6) is 0 Å². The van der Waals surface area contributed by atoms with Gasteiger partial charge in [0.2, 0.25) is 10.0 Å². The summed E-state index contributed by atoms with van der Waals surface area (Å²) >= 11 is 0. The molecular weight excluding hydrogens is 272 g/mol. The lowest BCUT2D eigenvalue weighted by molar-refractivity contribution is 0.533. The van der Waals surface area contributed by atoms with Crippen molar-refractivity contribution in [2.75, 3.05) is 5.32 Å². The molecule has 1 fully saturated rings. The standard InChI is InChI=1S/C15H24N2O2S/c1-12(2)17-20(18,19)14-8-6-13(7-9-14)16-15(3)10-4-5-11-15/h6-9,12,16-17H,4-5,10-11H2,1-3H3. The molecule has 0 heterocycles. The largest absolute Gasteiger partial charge is 0.380 e. The molecule has 0 unspecified atom stereocenters. The Balaban J connectivity index is 2.10. The van der Waals surface area contributed by atoms with Crippen molar-refractivity contribution in [3.8, 4) is 0 Å². The molecule has 1 aliphatic rings. The third-order valence-corrected chi connectivity index (χ3v) is 5.38. The van der Waals surface area contributed by atoms with E-state index in [1.54, 1.807) is 12.1 Å². The summed E-state index contributed by atoms with van der Waals surface area (Å²) < 4.78 is 26.6. The fraction of sp³-hybridized carbons (Fsp3) is 0.600. The van der Waals surface area contributed by atoms with Gasteiger partial charge in [0, 0.05) is 17.3 Å². The minimum Gasteiger partial charge on any atom is -0.380 e. The van der Waals surface area contributed by atoms with Crippen LogP contribution in [0, 0.1) is 0 Å². The Hall–Kier alpha value is -1.07. The summed E-state index contributed by atoms with van der Waals surface area (Å²) in [5.41, 5.74) is 1.13. The van der Waals surface area contributed by atoms with Crippen molar-refractivity contribution in [1.29, 1.82) is 0 Å². The lowest BCUT2D eigenvalue weighted by Gasteiger charge is -2.26. The van der Waals surface area contributed by atoms with E-state index in [2.05, 4.69) is 17.0 Å². The first kappa shape index (κ1) is 15.3. The molecule has 5 heteroatoms. The zero-order valence-corrected chi connectivity index (χ0v) is 13.3. The summed E-state index contributed by atoms with van der Waals surface area (Å²) in [4.78, 5) is 0.313. The molecular formula is C15H24N2O2S. The van der Waals surface area contributed by atoms with Crippen molar-refractivity contribution in [1.82, 2.24) is 4.72 Å². The smallest absolute Gasteiger partial charge is 0.240 e. The summed E-state index contributed by atoms with van der Waals surface area (Å²) in [6, 6.07) is 6.91. The van der Waals surface area contributed by atoms with Crippen molar-refractivity contribution in [2.45, 2.75) is 62.9 Å². The van der Waals surface area contributed by atoms with Crippen molar-refractivity contribution in [3.63, 3.8) is 0 Å². The Morgan fingerprint density at radius 3 is 2.15 bits per heavy atom.